The lowest BCUT2D eigenvalue weighted by atomic mass is 10.3. The quantitative estimate of drug-likeness (QED) is 0.617. The first kappa shape index (κ1) is 15.1. The molecule has 4 nitrogen and oxygen atoms in total. The summed E-state index contributed by atoms with van der Waals surface area (Å²) in [5, 5.41) is 3.22. The lowest BCUT2D eigenvalue weighted by molar-refractivity contribution is 0.168. The smallest absolute Gasteiger partial charge is 0.413 e. The summed E-state index contributed by atoms with van der Waals surface area (Å²) >= 11 is 3.33. The number of carbonyl (C=O) groups is 1. The van der Waals surface area contributed by atoms with E-state index in [-0.39, 0.29) is 0 Å². The third kappa shape index (κ3) is 4.11. The van der Waals surface area contributed by atoms with Gasteiger partial charge in [-0.15, -0.1) is 11.8 Å². The number of rotatable bonds is 6. The lowest BCUT2D eigenvalue weighted by Crippen LogP contribution is -2.12. The molecule has 2 aromatic rings. The van der Waals surface area contributed by atoms with Crippen LogP contribution in [-0.4, -0.2) is 23.4 Å². The number of nitrogens with one attached hydrogen (secondary N) is 1. The van der Waals surface area contributed by atoms with Crippen molar-refractivity contribution in [2.45, 2.75) is 31.6 Å². The first-order valence-electron chi connectivity index (χ1n) is 6.70. The van der Waals surface area contributed by atoms with Crippen LogP contribution in [0.3, 0.4) is 0 Å². The minimum atomic E-state index is -0.455. The number of ether oxygens (including phenoxy) is 1. The van der Waals surface area contributed by atoms with Crippen molar-refractivity contribution in [1.82, 2.24) is 4.98 Å². The fourth-order valence-electron chi connectivity index (χ4n) is 1.64. The number of anilines is 1. The third-order valence-corrected chi connectivity index (χ3v) is 4.62. The van der Waals surface area contributed by atoms with Gasteiger partial charge in [0, 0.05) is 4.90 Å². The van der Waals surface area contributed by atoms with Gasteiger partial charge in [-0.1, -0.05) is 24.7 Å². The highest BCUT2D eigenvalue weighted by atomic mass is 32.2. The summed E-state index contributed by atoms with van der Waals surface area (Å²) in [6.07, 6.45) is 1.98. The molecular formula is C14H18N2O2S2. The largest absolute Gasteiger partial charge is 0.450 e. The third-order valence-electron chi connectivity index (χ3n) is 2.61. The Hall–Kier alpha value is -1.27. The summed E-state index contributed by atoms with van der Waals surface area (Å²) in [7, 11) is 0. The van der Waals surface area contributed by atoms with Crippen molar-refractivity contribution in [1.29, 1.82) is 0 Å². The highest BCUT2D eigenvalue weighted by Gasteiger charge is 2.08. The van der Waals surface area contributed by atoms with Crippen molar-refractivity contribution >= 4 is 44.5 Å². The molecule has 0 aliphatic rings. The van der Waals surface area contributed by atoms with Gasteiger partial charge in [-0.25, -0.2) is 9.78 Å². The molecule has 20 heavy (non-hydrogen) atoms. The number of benzene rings is 1. The molecule has 0 unspecified atom stereocenters. The molecule has 0 saturated heterocycles. The summed E-state index contributed by atoms with van der Waals surface area (Å²) in [5.74, 6) is 1.13. The van der Waals surface area contributed by atoms with Crippen molar-refractivity contribution in [3.63, 3.8) is 0 Å². The SMILES string of the molecule is CCCCSc1ccc2nc(NC(=O)OCC)sc2c1. The van der Waals surface area contributed by atoms with E-state index in [0.717, 1.165) is 16.0 Å². The zero-order chi connectivity index (χ0) is 14.4. The highest BCUT2D eigenvalue weighted by molar-refractivity contribution is 7.99. The Labute approximate surface area is 126 Å². The molecule has 0 spiro atoms. The monoisotopic (exact) mass is 310 g/mol. The highest BCUT2D eigenvalue weighted by Crippen LogP contribution is 2.30. The topological polar surface area (TPSA) is 51.2 Å². The van der Waals surface area contributed by atoms with Gasteiger partial charge in [0.15, 0.2) is 5.13 Å². The van der Waals surface area contributed by atoms with Crippen molar-refractivity contribution in [3.8, 4) is 0 Å². The van der Waals surface area contributed by atoms with E-state index in [1.165, 1.54) is 29.1 Å². The first-order valence-corrected chi connectivity index (χ1v) is 8.50. The Balaban J connectivity index is 2.07. The summed E-state index contributed by atoms with van der Waals surface area (Å²) in [4.78, 5) is 17.0. The first-order chi connectivity index (χ1) is 9.72. The summed E-state index contributed by atoms with van der Waals surface area (Å²) < 4.78 is 5.93. The molecule has 1 aromatic carbocycles. The summed E-state index contributed by atoms with van der Waals surface area (Å²) in [6, 6.07) is 6.20. The van der Waals surface area contributed by atoms with E-state index in [1.54, 1.807) is 6.92 Å². The number of nitrogens with zero attached hydrogens (tertiary/aromatic N) is 1. The molecule has 0 bridgehead atoms. The molecule has 0 aliphatic heterocycles. The van der Waals surface area contributed by atoms with E-state index in [4.69, 9.17) is 4.74 Å². The summed E-state index contributed by atoms with van der Waals surface area (Å²) in [6.45, 7) is 4.33. The van der Waals surface area contributed by atoms with E-state index < -0.39 is 6.09 Å². The Morgan fingerprint density at radius 3 is 3.05 bits per heavy atom. The van der Waals surface area contributed by atoms with Crippen LogP contribution in [0.4, 0.5) is 9.93 Å². The van der Waals surface area contributed by atoms with Gasteiger partial charge in [0.05, 0.1) is 16.8 Å². The minimum Gasteiger partial charge on any atom is -0.450 e. The Kier molecular flexibility index (Phi) is 5.67. The molecule has 2 rings (SSSR count). The van der Waals surface area contributed by atoms with Gasteiger partial charge in [0.2, 0.25) is 0 Å². The minimum absolute atomic E-state index is 0.356. The predicted molar refractivity (Wildman–Crippen MR) is 85.9 cm³/mol. The van der Waals surface area contributed by atoms with Gasteiger partial charge in [-0.2, -0.15) is 0 Å². The molecule has 0 aliphatic carbocycles. The zero-order valence-electron chi connectivity index (χ0n) is 11.6. The Morgan fingerprint density at radius 1 is 1.45 bits per heavy atom. The zero-order valence-corrected chi connectivity index (χ0v) is 13.3. The van der Waals surface area contributed by atoms with E-state index in [2.05, 4.69) is 29.4 Å². The van der Waals surface area contributed by atoms with Crippen LogP contribution in [0.1, 0.15) is 26.7 Å². The molecule has 0 saturated carbocycles. The molecular weight excluding hydrogens is 292 g/mol. The second-order valence-electron chi connectivity index (χ2n) is 4.20. The van der Waals surface area contributed by atoms with Crippen molar-refractivity contribution in [2.75, 3.05) is 17.7 Å². The number of carbonyl (C=O) groups excluding carboxylic acids is 1. The number of hydrogen-bond acceptors (Lipinski definition) is 5. The van der Waals surface area contributed by atoms with Crippen LogP contribution in [-0.2, 0) is 4.74 Å². The average molecular weight is 310 g/mol. The van der Waals surface area contributed by atoms with Crippen LogP contribution in [0.2, 0.25) is 0 Å². The van der Waals surface area contributed by atoms with E-state index in [0.29, 0.717) is 11.7 Å². The van der Waals surface area contributed by atoms with Crippen LogP contribution < -0.4 is 5.32 Å². The number of hydrogen-bond donors (Lipinski definition) is 1. The van der Waals surface area contributed by atoms with Crippen LogP contribution in [0.25, 0.3) is 10.2 Å². The summed E-state index contributed by atoms with van der Waals surface area (Å²) in [5.41, 5.74) is 0.904. The second kappa shape index (κ2) is 7.50. The molecule has 0 fully saturated rings. The van der Waals surface area contributed by atoms with Crippen LogP contribution >= 0.6 is 23.1 Å². The maximum absolute atomic E-state index is 11.4. The van der Waals surface area contributed by atoms with Gasteiger partial charge in [0.25, 0.3) is 0 Å². The fourth-order valence-corrected chi connectivity index (χ4v) is 3.64. The standard InChI is InChI=1S/C14H18N2O2S2/c1-3-5-8-19-10-6-7-11-12(9-10)20-13(15-11)16-14(17)18-4-2/h6-7,9H,3-5,8H2,1-2H3,(H,15,16,17). The van der Waals surface area contributed by atoms with E-state index >= 15 is 0 Å². The molecule has 1 aromatic heterocycles. The Morgan fingerprint density at radius 2 is 2.30 bits per heavy atom. The molecule has 1 heterocycles. The maximum Gasteiger partial charge on any atom is 0.413 e. The van der Waals surface area contributed by atoms with Crippen molar-refractivity contribution < 1.29 is 9.53 Å². The number of thiazole rings is 1. The lowest BCUT2D eigenvalue weighted by Gasteiger charge is -1.99. The molecule has 108 valence electrons. The Bertz CT molecular complexity index is 584. The molecule has 1 N–H and O–H groups in total. The number of fused-ring (bicyclic) bond motifs is 1. The van der Waals surface area contributed by atoms with Gasteiger partial charge < -0.3 is 4.74 Å². The number of amides is 1. The molecule has 0 radical (unpaired) electrons. The number of thioether (sulfide) groups is 1. The van der Waals surface area contributed by atoms with Gasteiger partial charge in [-0.3, -0.25) is 5.32 Å². The number of aromatic nitrogens is 1. The van der Waals surface area contributed by atoms with Crippen molar-refractivity contribution in [2.24, 2.45) is 0 Å². The van der Waals surface area contributed by atoms with Gasteiger partial charge in [0.1, 0.15) is 0 Å². The van der Waals surface area contributed by atoms with Crippen LogP contribution in [0.15, 0.2) is 23.1 Å². The van der Waals surface area contributed by atoms with Gasteiger partial charge >= 0.3 is 6.09 Å². The molecule has 0 atom stereocenters. The maximum atomic E-state index is 11.4. The van der Waals surface area contributed by atoms with Crippen LogP contribution in [0, 0.1) is 0 Å². The average Bonchev–Trinajstić information content (AvgIpc) is 2.80. The van der Waals surface area contributed by atoms with E-state index in [9.17, 15) is 4.79 Å². The normalized spacial score (nSPS) is 10.7. The number of unbranched alkanes of at least 4 members (excludes halogenated alkanes) is 1. The predicted octanol–water partition coefficient (Wildman–Crippen LogP) is 4.76. The fraction of sp³-hybridized carbons (Fsp3) is 0.429. The van der Waals surface area contributed by atoms with Gasteiger partial charge in [-0.05, 0) is 37.3 Å². The van der Waals surface area contributed by atoms with Crippen molar-refractivity contribution in [3.05, 3.63) is 18.2 Å². The van der Waals surface area contributed by atoms with E-state index in [1.807, 2.05) is 17.8 Å². The molecule has 6 heteroatoms. The molecule has 1 amide bonds. The second-order valence-corrected chi connectivity index (χ2v) is 6.40. The van der Waals surface area contributed by atoms with Crippen LogP contribution in [0.5, 0.6) is 0 Å².